The van der Waals surface area contributed by atoms with Crippen LogP contribution in [0.5, 0.6) is 0 Å². The first-order valence-corrected chi connectivity index (χ1v) is 37.3. The summed E-state index contributed by atoms with van der Waals surface area (Å²) in [6, 6.07) is -0.880. The van der Waals surface area contributed by atoms with E-state index in [1.807, 2.05) is 0 Å². The van der Waals surface area contributed by atoms with Crippen LogP contribution in [0, 0.1) is 0 Å². The summed E-state index contributed by atoms with van der Waals surface area (Å²) in [5.74, 6) is -0.238. The zero-order chi connectivity index (χ0) is 65.4. The Hall–Kier alpha value is -1.21. The van der Waals surface area contributed by atoms with Gasteiger partial charge in [0, 0.05) is 6.42 Å². The van der Waals surface area contributed by atoms with Crippen molar-refractivity contribution in [1.82, 2.24) is 5.32 Å². The van der Waals surface area contributed by atoms with Crippen molar-refractivity contribution in [2.45, 2.75) is 420 Å². The monoisotopic (exact) mass is 1290 g/mol. The minimum Gasteiger partial charge on any atom is -0.394 e. The van der Waals surface area contributed by atoms with Crippen LogP contribution in [0.1, 0.15) is 316 Å². The molecule has 1 amide bonds. The number of amides is 1. The van der Waals surface area contributed by atoms with Crippen molar-refractivity contribution in [1.29, 1.82) is 0 Å². The first kappa shape index (κ1) is 83.0. The second-order valence-electron chi connectivity index (χ2n) is 27.1. The molecule has 0 aromatic rings. The largest absolute Gasteiger partial charge is 0.394 e. The lowest BCUT2D eigenvalue weighted by Gasteiger charge is -2.48. The van der Waals surface area contributed by atoms with Crippen LogP contribution in [0.25, 0.3) is 0 Å². The normalized spacial score (nSPS) is 27.9. The van der Waals surface area contributed by atoms with Crippen LogP contribution in [-0.4, -0.2) is 193 Å². The molecule has 534 valence electrons. The highest BCUT2D eigenvalue weighted by molar-refractivity contribution is 5.76. The van der Waals surface area contributed by atoms with Gasteiger partial charge in [0.05, 0.1) is 38.6 Å². The molecule has 12 N–H and O–H groups in total. The van der Waals surface area contributed by atoms with Gasteiger partial charge in [-0.1, -0.05) is 296 Å². The molecule has 17 unspecified atom stereocenters. The quantitative estimate of drug-likeness (QED) is 0.0252. The Morgan fingerprint density at radius 2 is 0.633 bits per heavy atom. The average molecular weight is 1290 g/mol. The Morgan fingerprint density at radius 3 is 0.967 bits per heavy atom. The maximum atomic E-state index is 13.4. The SMILES string of the molecule is CCCCCCCCCCCCCCCCCCCCCCCCCCCCCCCCCCCCCCC(=O)NC(COC1OC(CO)C(OC2OC(CO)C(OC3OC(CO)C(O)C(O)C3O)C(O)C2O)C(O)C1O)C(O)CCCCCCCCCCC. The topological polar surface area (TPSA) is 307 Å². The molecular formula is C71H137NO18. The zero-order valence-electron chi connectivity index (χ0n) is 56.7. The number of hydrogen-bond acceptors (Lipinski definition) is 18. The van der Waals surface area contributed by atoms with E-state index < -0.39 is 124 Å². The number of rotatable bonds is 59. The minimum atomic E-state index is -1.97. The highest BCUT2D eigenvalue weighted by atomic mass is 16.8. The third-order valence-electron chi connectivity index (χ3n) is 19.2. The number of aliphatic hydroxyl groups is 11. The van der Waals surface area contributed by atoms with Crippen molar-refractivity contribution in [3.05, 3.63) is 0 Å². The number of hydrogen-bond donors (Lipinski definition) is 12. The summed E-state index contributed by atoms with van der Waals surface area (Å²) in [5, 5.41) is 120. The molecule has 19 heteroatoms. The predicted octanol–water partition coefficient (Wildman–Crippen LogP) is 10.7. The van der Waals surface area contributed by atoms with Gasteiger partial charge in [-0.3, -0.25) is 4.79 Å². The van der Waals surface area contributed by atoms with Crippen molar-refractivity contribution in [3.63, 3.8) is 0 Å². The van der Waals surface area contributed by atoms with Crippen molar-refractivity contribution in [2.24, 2.45) is 0 Å². The molecule has 3 aliphatic heterocycles. The molecular weight excluding hydrogens is 1150 g/mol. The minimum absolute atomic E-state index is 0.238. The maximum absolute atomic E-state index is 13.4. The van der Waals surface area contributed by atoms with Gasteiger partial charge >= 0.3 is 0 Å². The van der Waals surface area contributed by atoms with Gasteiger partial charge in [0.2, 0.25) is 5.91 Å². The van der Waals surface area contributed by atoms with E-state index in [9.17, 15) is 61.0 Å². The van der Waals surface area contributed by atoms with Gasteiger partial charge in [-0.25, -0.2) is 0 Å². The number of unbranched alkanes of at least 4 members (excludes halogenated alkanes) is 43. The number of carbonyl (C=O) groups excluding carboxylic acids is 1. The molecule has 3 fully saturated rings. The molecule has 17 atom stereocenters. The van der Waals surface area contributed by atoms with Gasteiger partial charge in [-0.05, 0) is 12.8 Å². The predicted molar refractivity (Wildman–Crippen MR) is 351 cm³/mol. The van der Waals surface area contributed by atoms with Gasteiger partial charge in [0.1, 0.15) is 73.2 Å². The van der Waals surface area contributed by atoms with Gasteiger partial charge in [-0.15, -0.1) is 0 Å². The van der Waals surface area contributed by atoms with E-state index in [1.54, 1.807) is 0 Å². The van der Waals surface area contributed by atoms with Crippen molar-refractivity contribution >= 4 is 5.91 Å². The van der Waals surface area contributed by atoms with Gasteiger partial charge in [0.15, 0.2) is 18.9 Å². The van der Waals surface area contributed by atoms with Crippen LogP contribution in [0.3, 0.4) is 0 Å². The fraction of sp³-hybridized carbons (Fsp3) is 0.986. The lowest BCUT2D eigenvalue weighted by atomic mass is 9.96. The molecule has 19 nitrogen and oxygen atoms in total. The summed E-state index contributed by atoms with van der Waals surface area (Å²) in [5.41, 5.74) is 0. The Bertz CT molecular complexity index is 1640. The lowest BCUT2D eigenvalue weighted by Crippen LogP contribution is -2.66. The fourth-order valence-electron chi connectivity index (χ4n) is 13.1. The Balaban J connectivity index is 1.26. The molecule has 3 heterocycles. The first-order valence-electron chi connectivity index (χ1n) is 37.3. The highest BCUT2D eigenvalue weighted by Gasteiger charge is 2.53. The van der Waals surface area contributed by atoms with E-state index in [0.29, 0.717) is 12.8 Å². The number of ether oxygens (including phenoxy) is 6. The molecule has 3 saturated heterocycles. The third-order valence-corrected chi connectivity index (χ3v) is 19.2. The molecule has 0 saturated carbocycles. The molecule has 0 aromatic heterocycles. The van der Waals surface area contributed by atoms with E-state index in [0.717, 1.165) is 44.9 Å². The molecule has 0 aromatic carbocycles. The first-order chi connectivity index (χ1) is 43.8. The van der Waals surface area contributed by atoms with Crippen LogP contribution < -0.4 is 5.32 Å². The molecule has 3 rings (SSSR count). The highest BCUT2D eigenvalue weighted by Crippen LogP contribution is 2.33. The van der Waals surface area contributed by atoms with Crippen LogP contribution in [0.15, 0.2) is 0 Å². The summed E-state index contributed by atoms with van der Waals surface area (Å²) in [6.07, 6.45) is 32.6. The molecule has 0 bridgehead atoms. The molecule has 0 radical (unpaired) electrons. The summed E-state index contributed by atoms with van der Waals surface area (Å²) < 4.78 is 34.3. The molecule has 0 aliphatic carbocycles. The third kappa shape index (κ3) is 35.2. The number of carbonyl (C=O) groups is 1. The van der Waals surface area contributed by atoms with E-state index in [2.05, 4.69) is 19.2 Å². The Kier molecular flexibility index (Phi) is 49.7. The molecule has 0 spiro atoms. The van der Waals surface area contributed by atoms with Crippen molar-refractivity contribution in [3.8, 4) is 0 Å². The average Bonchev–Trinajstić information content (AvgIpc) is 0.857. The number of aliphatic hydroxyl groups excluding tert-OH is 11. The van der Waals surface area contributed by atoms with Crippen molar-refractivity contribution < 1.29 is 89.4 Å². The fourth-order valence-corrected chi connectivity index (χ4v) is 13.1. The number of nitrogens with one attached hydrogen (secondary N) is 1. The van der Waals surface area contributed by atoms with E-state index in [1.165, 1.54) is 238 Å². The van der Waals surface area contributed by atoms with E-state index >= 15 is 0 Å². The summed E-state index contributed by atoms with van der Waals surface area (Å²) in [7, 11) is 0. The molecule has 3 aliphatic rings. The Labute approximate surface area is 544 Å². The second-order valence-corrected chi connectivity index (χ2v) is 27.1. The summed E-state index contributed by atoms with van der Waals surface area (Å²) in [6.45, 7) is 1.80. The summed E-state index contributed by atoms with van der Waals surface area (Å²) >= 11 is 0. The lowest BCUT2D eigenvalue weighted by molar-refractivity contribution is -0.379. The van der Waals surface area contributed by atoms with Crippen LogP contribution in [-0.2, 0) is 33.2 Å². The van der Waals surface area contributed by atoms with E-state index in [-0.39, 0.29) is 18.9 Å². The van der Waals surface area contributed by atoms with Gasteiger partial charge in [0.25, 0.3) is 0 Å². The zero-order valence-corrected chi connectivity index (χ0v) is 56.7. The Morgan fingerprint density at radius 1 is 0.356 bits per heavy atom. The van der Waals surface area contributed by atoms with Crippen LogP contribution in [0.4, 0.5) is 0 Å². The summed E-state index contributed by atoms with van der Waals surface area (Å²) in [4.78, 5) is 13.4. The van der Waals surface area contributed by atoms with Gasteiger partial charge in [-0.2, -0.15) is 0 Å². The van der Waals surface area contributed by atoms with Crippen LogP contribution in [0.2, 0.25) is 0 Å². The van der Waals surface area contributed by atoms with E-state index in [4.69, 9.17) is 28.4 Å². The maximum Gasteiger partial charge on any atom is 0.220 e. The second kappa shape index (κ2) is 53.9. The van der Waals surface area contributed by atoms with Crippen molar-refractivity contribution in [2.75, 3.05) is 26.4 Å². The van der Waals surface area contributed by atoms with Crippen LogP contribution >= 0.6 is 0 Å². The smallest absolute Gasteiger partial charge is 0.220 e. The molecule has 90 heavy (non-hydrogen) atoms. The van der Waals surface area contributed by atoms with Gasteiger partial charge < -0.3 is 89.9 Å². The standard InChI is InChI=1S/C71H137NO18/c1-3-5-7-9-11-13-14-15-16-17-18-19-20-21-22-23-24-25-26-27-28-29-30-31-32-33-34-35-36-37-38-39-41-43-45-47-49-59(77)72-54(55(76)48-46-44-42-40-12-10-8-6-4-2)53-85-69-65(83)62(80)67(57(51-74)87-69)90-71-66(84)63(81)68(58(52-75)88-71)89-70-64(82)61(79)60(78)56(50-73)86-70/h54-58,60-71,73-76,78-84H,3-53H2,1-2H3,(H,72,77).